The molecule has 0 aromatic heterocycles. The van der Waals surface area contributed by atoms with Crippen LogP contribution in [0.5, 0.6) is 5.75 Å². The lowest BCUT2D eigenvalue weighted by Crippen LogP contribution is -2.27. The Labute approximate surface area is 146 Å². The molecule has 2 aromatic carbocycles. The van der Waals surface area contributed by atoms with E-state index in [4.69, 9.17) is 4.74 Å². The zero-order chi connectivity index (χ0) is 15.4. The van der Waals surface area contributed by atoms with Crippen LogP contribution in [0, 0.1) is 3.57 Å². The largest absolute Gasteiger partial charge is 0.496 e. The molecule has 0 saturated heterocycles. The first kappa shape index (κ1) is 16.3. The van der Waals surface area contributed by atoms with Crippen LogP contribution in [-0.2, 0) is 0 Å². The molecule has 0 aliphatic rings. The van der Waals surface area contributed by atoms with Crippen molar-refractivity contribution in [1.29, 1.82) is 0 Å². The summed E-state index contributed by atoms with van der Waals surface area (Å²) in [6.45, 7) is 1.95. The number of nitrogens with one attached hydrogen (secondary N) is 1. The first-order chi connectivity index (χ1) is 10.0. The van der Waals surface area contributed by atoms with Gasteiger partial charge in [-0.3, -0.25) is 4.79 Å². The SMILES string of the molecule is COc1ccccc1C(C)NC(=O)c1cc(Br)ccc1I. The monoisotopic (exact) mass is 459 g/mol. The Kier molecular flexibility index (Phi) is 5.64. The normalized spacial score (nSPS) is 11.8. The summed E-state index contributed by atoms with van der Waals surface area (Å²) < 4.78 is 7.14. The Morgan fingerprint density at radius 2 is 2.00 bits per heavy atom. The van der Waals surface area contributed by atoms with Gasteiger partial charge in [0.2, 0.25) is 0 Å². The van der Waals surface area contributed by atoms with E-state index in [0.29, 0.717) is 5.56 Å². The molecule has 0 aliphatic heterocycles. The number of hydrogen-bond donors (Lipinski definition) is 1. The summed E-state index contributed by atoms with van der Waals surface area (Å²) in [6, 6.07) is 13.2. The van der Waals surface area contributed by atoms with E-state index >= 15 is 0 Å². The van der Waals surface area contributed by atoms with Crippen molar-refractivity contribution in [2.45, 2.75) is 13.0 Å². The molecular formula is C16H15BrINO2. The number of methoxy groups -OCH3 is 1. The molecule has 21 heavy (non-hydrogen) atoms. The Morgan fingerprint density at radius 3 is 2.71 bits per heavy atom. The average molecular weight is 460 g/mol. The number of ether oxygens (including phenoxy) is 1. The lowest BCUT2D eigenvalue weighted by atomic mass is 10.1. The van der Waals surface area contributed by atoms with Gasteiger partial charge in [-0.05, 0) is 53.8 Å². The minimum Gasteiger partial charge on any atom is -0.496 e. The maximum Gasteiger partial charge on any atom is 0.252 e. The van der Waals surface area contributed by atoms with Crippen molar-refractivity contribution in [3.05, 3.63) is 61.6 Å². The van der Waals surface area contributed by atoms with Crippen molar-refractivity contribution in [1.82, 2.24) is 5.32 Å². The van der Waals surface area contributed by atoms with Crippen LogP contribution in [0.25, 0.3) is 0 Å². The molecule has 0 fully saturated rings. The van der Waals surface area contributed by atoms with Gasteiger partial charge in [-0.2, -0.15) is 0 Å². The van der Waals surface area contributed by atoms with Gasteiger partial charge < -0.3 is 10.1 Å². The minimum atomic E-state index is -0.136. The van der Waals surface area contributed by atoms with E-state index in [1.165, 1.54) is 0 Å². The second-order valence-electron chi connectivity index (χ2n) is 4.56. The van der Waals surface area contributed by atoms with Gasteiger partial charge in [0, 0.05) is 13.6 Å². The third-order valence-electron chi connectivity index (χ3n) is 3.13. The number of para-hydroxylation sites is 1. The second-order valence-corrected chi connectivity index (χ2v) is 6.64. The Hall–Kier alpha value is -1.08. The molecule has 3 nitrogen and oxygen atoms in total. The molecule has 2 aromatic rings. The van der Waals surface area contributed by atoms with Gasteiger partial charge in [0.25, 0.3) is 5.91 Å². The van der Waals surface area contributed by atoms with Gasteiger partial charge in [0.15, 0.2) is 0 Å². The fourth-order valence-electron chi connectivity index (χ4n) is 2.05. The first-order valence-corrected chi connectivity index (χ1v) is 8.29. The van der Waals surface area contributed by atoms with E-state index in [0.717, 1.165) is 19.4 Å². The van der Waals surface area contributed by atoms with Crippen molar-refractivity contribution < 1.29 is 9.53 Å². The molecule has 0 saturated carbocycles. The molecule has 0 aliphatic carbocycles. The van der Waals surface area contributed by atoms with Crippen LogP contribution in [0.4, 0.5) is 0 Å². The summed E-state index contributed by atoms with van der Waals surface area (Å²) in [5.74, 6) is 0.674. The van der Waals surface area contributed by atoms with Gasteiger partial charge in [0.05, 0.1) is 18.7 Å². The zero-order valence-corrected chi connectivity index (χ0v) is 15.4. The van der Waals surface area contributed by atoms with Crippen LogP contribution < -0.4 is 10.1 Å². The average Bonchev–Trinajstić information content (AvgIpc) is 2.49. The zero-order valence-electron chi connectivity index (χ0n) is 11.7. The van der Waals surface area contributed by atoms with Crippen molar-refractivity contribution in [2.24, 2.45) is 0 Å². The van der Waals surface area contributed by atoms with Crippen LogP contribution in [-0.4, -0.2) is 13.0 Å². The third-order valence-corrected chi connectivity index (χ3v) is 4.56. The maximum atomic E-state index is 12.4. The number of halogens is 2. The molecule has 0 radical (unpaired) electrons. The Morgan fingerprint density at radius 1 is 1.29 bits per heavy atom. The standard InChI is InChI=1S/C16H15BrINO2/c1-10(12-5-3-4-6-15(12)21-2)19-16(20)13-9-11(17)7-8-14(13)18/h3-10H,1-2H3,(H,19,20). The van der Waals surface area contributed by atoms with E-state index in [-0.39, 0.29) is 11.9 Å². The summed E-state index contributed by atoms with van der Waals surface area (Å²) in [6.07, 6.45) is 0. The van der Waals surface area contributed by atoms with Crippen LogP contribution in [0.3, 0.4) is 0 Å². The van der Waals surface area contributed by atoms with E-state index in [9.17, 15) is 4.79 Å². The summed E-state index contributed by atoms with van der Waals surface area (Å²) in [5.41, 5.74) is 1.62. The summed E-state index contributed by atoms with van der Waals surface area (Å²) in [4.78, 5) is 12.4. The van der Waals surface area contributed by atoms with Gasteiger partial charge in [-0.1, -0.05) is 34.1 Å². The maximum absolute atomic E-state index is 12.4. The number of benzene rings is 2. The van der Waals surface area contributed by atoms with E-state index in [1.807, 2.05) is 49.4 Å². The van der Waals surface area contributed by atoms with Crippen LogP contribution in [0.1, 0.15) is 28.9 Å². The number of rotatable bonds is 4. The molecule has 0 spiro atoms. The molecule has 2 rings (SSSR count). The summed E-state index contributed by atoms with van der Waals surface area (Å²) >= 11 is 5.56. The molecule has 1 N–H and O–H groups in total. The summed E-state index contributed by atoms with van der Waals surface area (Å²) in [5, 5.41) is 3.01. The smallest absolute Gasteiger partial charge is 0.252 e. The molecule has 110 valence electrons. The highest BCUT2D eigenvalue weighted by Gasteiger charge is 2.16. The van der Waals surface area contributed by atoms with Gasteiger partial charge >= 0.3 is 0 Å². The van der Waals surface area contributed by atoms with Crippen molar-refractivity contribution >= 4 is 44.4 Å². The van der Waals surface area contributed by atoms with Crippen molar-refractivity contribution in [3.63, 3.8) is 0 Å². The van der Waals surface area contributed by atoms with Crippen molar-refractivity contribution in [3.8, 4) is 5.75 Å². The second kappa shape index (κ2) is 7.26. The predicted molar refractivity (Wildman–Crippen MR) is 95.7 cm³/mol. The number of carbonyl (C=O) groups is 1. The van der Waals surface area contributed by atoms with Gasteiger partial charge in [-0.25, -0.2) is 0 Å². The highest BCUT2D eigenvalue weighted by atomic mass is 127. The fourth-order valence-corrected chi connectivity index (χ4v) is 2.99. The van der Waals surface area contributed by atoms with E-state index in [1.54, 1.807) is 7.11 Å². The Bertz CT molecular complexity index is 660. The van der Waals surface area contributed by atoms with Crippen LogP contribution >= 0.6 is 38.5 Å². The lowest BCUT2D eigenvalue weighted by Gasteiger charge is -2.17. The highest BCUT2D eigenvalue weighted by Crippen LogP contribution is 2.25. The quantitative estimate of drug-likeness (QED) is 0.681. The predicted octanol–water partition coefficient (Wildman–Crippen LogP) is 4.55. The molecule has 1 amide bonds. The molecular weight excluding hydrogens is 445 g/mol. The van der Waals surface area contributed by atoms with Gasteiger partial charge in [-0.15, -0.1) is 0 Å². The minimum absolute atomic E-state index is 0.0980. The fraction of sp³-hybridized carbons (Fsp3) is 0.188. The number of carbonyl (C=O) groups excluding carboxylic acids is 1. The van der Waals surface area contributed by atoms with Crippen LogP contribution in [0.15, 0.2) is 46.9 Å². The molecule has 0 heterocycles. The first-order valence-electron chi connectivity index (χ1n) is 6.41. The summed E-state index contributed by atoms with van der Waals surface area (Å²) in [7, 11) is 1.63. The molecule has 1 unspecified atom stereocenters. The Balaban J connectivity index is 2.21. The highest BCUT2D eigenvalue weighted by molar-refractivity contribution is 14.1. The van der Waals surface area contributed by atoms with Crippen molar-refractivity contribution in [2.75, 3.05) is 7.11 Å². The van der Waals surface area contributed by atoms with Gasteiger partial charge in [0.1, 0.15) is 5.75 Å². The molecule has 0 bridgehead atoms. The number of amides is 1. The van der Waals surface area contributed by atoms with E-state index in [2.05, 4.69) is 43.8 Å². The lowest BCUT2D eigenvalue weighted by molar-refractivity contribution is 0.0938. The topological polar surface area (TPSA) is 38.3 Å². The number of hydrogen-bond acceptors (Lipinski definition) is 2. The van der Waals surface area contributed by atoms with Crippen LogP contribution in [0.2, 0.25) is 0 Å². The third kappa shape index (κ3) is 3.97. The molecule has 1 atom stereocenters. The van der Waals surface area contributed by atoms with E-state index < -0.39 is 0 Å². The molecule has 5 heteroatoms.